The Balaban J connectivity index is 2.88. The first-order valence-electron chi connectivity index (χ1n) is 5.32. The molecule has 0 aliphatic carbocycles. The van der Waals surface area contributed by atoms with Crippen LogP contribution in [0.2, 0.25) is 0 Å². The molecule has 0 saturated heterocycles. The molecule has 0 heterocycles. The van der Waals surface area contributed by atoms with E-state index in [-0.39, 0.29) is 24.0 Å². The number of sulfone groups is 1. The van der Waals surface area contributed by atoms with Crippen molar-refractivity contribution in [2.45, 2.75) is 26.2 Å². The fourth-order valence-electron chi connectivity index (χ4n) is 1.66. The van der Waals surface area contributed by atoms with Crippen molar-refractivity contribution in [1.29, 1.82) is 0 Å². The van der Waals surface area contributed by atoms with Crippen molar-refractivity contribution < 1.29 is 13.5 Å². The van der Waals surface area contributed by atoms with Gasteiger partial charge in [0, 0.05) is 0 Å². The van der Waals surface area contributed by atoms with Crippen LogP contribution in [0.4, 0.5) is 0 Å². The van der Waals surface area contributed by atoms with E-state index in [4.69, 9.17) is 5.11 Å². The lowest BCUT2D eigenvalue weighted by atomic mass is 10.1. The van der Waals surface area contributed by atoms with Gasteiger partial charge in [-0.1, -0.05) is 38.1 Å². The minimum absolute atomic E-state index is 0.0158. The highest BCUT2D eigenvalue weighted by molar-refractivity contribution is 7.90. The zero-order valence-electron chi connectivity index (χ0n) is 9.68. The van der Waals surface area contributed by atoms with Gasteiger partial charge in [0.05, 0.1) is 18.1 Å². The molecule has 0 aliphatic heterocycles. The van der Waals surface area contributed by atoms with Crippen LogP contribution in [0.25, 0.3) is 0 Å². The maximum absolute atomic E-state index is 11.8. The molecule has 1 rings (SSSR count). The molecule has 0 atom stereocenters. The maximum Gasteiger partial charge on any atom is 0.154 e. The monoisotopic (exact) mass is 242 g/mol. The maximum atomic E-state index is 11.8. The molecule has 3 nitrogen and oxygen atoms in total. The average molecular weight is 242 g/mol. The number of hydrogen-bond acceptors (Lipinski definition) is 3. The largest absolute Gasteiger partial charge is 0.392 e. The fraction of sp³-hybridized carbons (Fsp3) is 0.500. The molecule has 0 amide bonds. The molecule has 0 spiro atoms. The summed E-state index contributed by atoms with van der Waals surface area (Å²) in [5.74, 6) is 0.334. The van der Waals surface area contributed by atoms with Crippen LogP contribution in [0.5, 0.6) is 0 Å². The van der Waals surface area contributed by atoms with Crippen LogP contribution in [0.15, 0.2) is 24.3 Å². The van der Waals surface area contributed by atoms with E-state index in [0.717, 1.165) is 0 Å². The molecule has 0 aliphatic rings. The Labute approximate surface area is 97.0 Å². The molecule has 0 unspecified atom stereocenters. The molecule has 0 aromatic heterocycles. The number of rotatable bonds is 5. The van der Waals surface area contributed by atoms with Gasteiger partial charge in [0.1, 0.15) is 0 Å². The Kier molecular flexibility index (Phi) is 4.50. The SMILES string of the molecule is CC(C)CS(=O)(=O)Cc1ccccc1CO. The highest BCUT2D eigenvalue weighted by Gasteiger charge is 2.15. The first kappa shape index (κ1) is 13.2. The molecule has 0 fully saturated rings. The normalized spacial score (nSPS) is 12.0. The molecular formula is C12H18O3S. The number of benzene rings is 1. The summed E-state index contributed by atoms with van der Waals surface area (Å²) in [6, 6.07) is 7.09. The Morgan fingerprint density at radius 3 is 2.25 bits per heavy atom. The summed E-state index contributed by atoms with van der Waals surface area (Å²) in [4.78, 5) is 0. The molecule has 1 aromatic rings. The smallest absolute Gasteiger partial charge is 0.154 e. The van der Waals surface area contributed by atoms with Gasteiger partial charge < -0.3 is 5.11 Å². The van der Waals surface area contributed by atoms with E-state index in [1.165, 1.54) is 0 Å². The summed E-state index contributed by atoms with van der Waals surface area (Å²) in [7, 11) is -3.08. The van der Waals surface area contributed by atoms with Crippen molar-refractivity contribution in [3.63, 3.8) is 0 Å². The van der Waals surface area contributed by atoms with E-state index in [1.54, 1.807) is 24.3 Å². The third-order valence-electron chi connectivity index (χ3n) is 2.25. The topological polar surface area (TPSA) is 54.4 Å². The van der Waals surface area contributed by atoms with Crippen molar-refractivity contribution in [2.24, 2.45) is 5.92 Å². The fourth-order valence-corrected chi connectivity index (χ4v) is 3.55. The molecule has 4 heteroatoms. The Bertz CT molecular complexity index is 435. The molecule has 16 heavy (non-hydrogen) atoms. The van der Waals surface area contributed by atoms with Gasteiger partial charge in [-0.25, -0.2) is 8.42 Å². The van der Waals surface area contributed by atoms with Gasteiger partial charge in [-0.3, -0.25) is 0 Å². The summed E-state index contributed by atoms with van der Waals surface area (Å²) in [6.45, 7) is 3.65. The Morgan fingerprint density at radius 2 is 1.75 bits per heavy atom. The minimum atomic E-state index is -3.08. The average Bonchev–Trinajstić information content (AvgIpc) is 2.15. The molecule has 0 saturated carbocycles. The minimum Gasteiger partial charge on any atom is -0.392 e. The van der Waals surface area contributed by atoms with Gasteiger partial charge in [-0.2, -0.15) is 0 Å². The number of aliphatic hydroxyl groups is 1. The van der Waals surface area contributed by atoms with E-state index in [0.29, 0.717) is 11.1 Å². The number of aliphatic hydroxyl groups excluding tert-OH is 1. The van der Waals surface area contributed by atoms with Crippen LogP contribution in [0, 0.1) is 5.92 Å². The van der Waals surface area contributed by atoms with E-state index < -0.39 is 9.84 Å². The molecule has 1 N–H and O–H groups in total. The molecule has 1 aromatic carbocycles. The third kappa shape index (κ3) is 3.94. The summed E-state index contributed by atoms with van der Waals surface area (Å²) >= 11 is 0. The first-order chi connectivity index (χ1) is 7.44. The highest BCUT2D eigenvalue weighted by atomic mass is 32.2. The zero-order chi connectivity index (χ0) is 12.2. The van der Waals surface area contributed by atoms with Gasteiger partial charge in [0.25, 0.3) is 0 Å². The van der Waals surface area contributed by atoms with Gasteiger partial charge >= 0.3 is 0 Å². The predicted octanol–water partition coefficient (Wildman–Crippen LogP) is 1.75. The second kappa shape index (κ2) is 5.46. The summed E-state index contributed by atoms with van der Waals surface area (Å²) in [6.07, 6.45) is 0. The first-order valence-corrected chi connectivity index (χ1v) is 7.15. The quantitative estimate of drug-likeness (QED) is 0.856. The van der Waals surface area contributed by atoms with E-state index in [9.17, 15) is 8.42 Å². The lowest BCUT2D eigenvalue weighted by Crippen LogP contribution is -2.14. The van der Waals surface area contributed by atoms with E-state index in [2.05, 4.69) is 0 Å². The lowest BCUT2D eigenvalue weighted by Gasteiger charge is -2.09. The van der Waals surface area contributed by atoms with Crippen molar-refractivity contribution in [1.82, 2.24) is 0 Å². The van der Waals surface area contributed by atoms with Crippen molar-refractivity contribution in [3.8, 4) is 0 Å². The van der Waals surface area contributed by atoms with Crippen LogP contribution in [0.3, 0.4) is 0 Å². The van der Waals surface area contributed by atoms with E-state index >= 15 is 0 Å². The van der Waals surface area contributed by atoms with Gasteiger partial charge in [0.2, 0.25) is 0 Å². The predicted molar refractivity (Wildman–Crippen MR) is 64.7 cm³/mol. The molecule has 0 bridgehead atoms. The highest BCUT2D eigenvalue weighted by Crippen LogP contribution is 2.14. The summed E-state index contributed by atoms with van der Waals surface area (Å²) in [5.41, 5.74) is 1.39. The second-order valence-corrected chi connectivity index (χ2v) is 6.48. The van der Waals surface area contributed by atoms with Crippen molar-refractivity contribution in [3.05, 3.63) is 35.4 Å². The summed E-state index contributed by atoms with van der Waals surface area (Å²) < 4.78 is 23.6. The van der Waals surface area contributed by atoms with Crippen LogP contribution >= 0.6 is 0 Å². The Hall–Kier alpha value is -0.870. The number of hydrogen-bond donors (Lipinski definition) is 1. The van der Waals surface area contributed by atoms with Gasteiger partial charge in [-0.15, -0.1) is 0 Å². The van der Waals surface area contributed by atoms with Gasteiger partial charge in [-0.05, 0) is 17.0 Å². The van der Waals surface area contributed by atoms with Crippen LogP contribution in [-0.2, 0) is 22.2 Å². The van der Waals surface area contributed by atoms with Crippen LogP contribution in [-0.4, -0.2) is 19.3 Å². The second-order valence-electron chi connectivity index (χ2n) is 4.38. The Morgan fingerprint density at radius 1 is 1.19 bits per heavy atom. The van der Waals surface area contributed by atoms with Crippen LogP contribution < -0.4 is 0 Å². The van der Waals surface area contributed by atoms with Crippen molar-refractivity contribution in [2.75, 3.05) is 5.75 Å². The standard InChI is InChI=1S/C12H18O3S/c1-10(2)8-16(14,15)9-12-6-4-3-5-11(12)7-13/h3-6,10,13H,7-9H2,1-2H3. The lowest BCUT2D eigenvalue weighted by molar-refractivity contribution is 0.281. The molecule has 90 valence electrons. The van der Waals surface area contributed by atoms with E-state index in [1.807, 2.05) is 13.8 Å². The summed E-state index contributed by atoms with van der Waals surface area (Å²) in [5, 5.41) is 9.10. The third-order valence-corrected chi connectivity index (χ3v) is 4.18. The van der Waals surface area contributed by atoms with Crippen LogP contribution in [0.1, 0.15) is 25.0 Å². The zero-order valence-corrected chi connectivity index (χ0v) is 10.5. The molecule has 0 radical (unpaired) electrons. The molecular weight excluding hydrogens is 224 g/mol. The van der Waals surface area contributed by atoms with Gasteiger partial charge in [0.15, 0.2) is 9.84 Å². The van der Waals surface area contributed by atoms with Crippen molar-refractivity contribution >= 4 is 9.84 Å².